The van der Waals surface area contributed by atoms with Gasteiger partial charge in [0.2, 0.25) is 0 Å². The van der Waals surface area contributed by atoms with Crippen LogP contribution in [-0.4, -0.2) is 23.3 Å². The first-order chi connectivity index (χ1) is 7.59. The third kappa shape index (κ3) is 2.57. The summed E-state index contributed by atoms with van der Waals surface area (Å²) in [7, 11) is 0. The lowest BCUT2D eigenvalue weighted by Crippen LogP contribution is -2.46. The van der Waals surface area contributed by atoms with Gasteiger partial charge in [-0.05, 0) is 37.9 Å². The Hall–Kier alpha value is -0.570. The Morgan fingerprint density at radius 3 is 2.88 bits per heavy atom. The molecule has 0 radical (unpaired) electrons. The van der Waals surface area contributed by atoms with E-state index in [2.05, 4.69) is 5.32 Å². The van der Waals surface area contributed by atoms with E-state index in [-0.39, 0.29) is 6.04 Å². The average Bonchev–Trinajstić information content (AvgIpc) is 2.75. The van der Waals surface area contributed by atoms with Crippen molar-refractivity contribution in [2.45, 2.75) is 37.8 Å². The van der Waals surface area contributed by atoms with E-state index in [1.54, 1.807) is 0 Å². The second-order valence-electron chi connectivity index (χ2n) is 4.77. The number of aliphatic hydroxyl groups is 1. The van der Waals surface area contributed by atoms with Crippen LogP contribution in [0.1, 0.15) is 25.3 Å². The number of rotatable bonds is 3. The Labute approximate surface area is 102 Å². The van der Waals surface area contributed by atoms with Crippen LogP contribution in [0.4, 0.5) is 0 Å². The lowest BCUT2D eigenvalue weighted by Gasteiger charge is -2.30. The molecule has 2 unspecified atom stereocenters. The van der Waals surface area contributed by atoms with Gasteiger partial charge in [0.1, 0.15) is 0 Å². The number of benzene rings is 1. The van der Waals surface area contributed by atoms with Crippen molar-refractivity contribution in [3.05, 3.63) is 34.9 Å². The predicted octanol–water partition coefficient (Wildman–Crippen LogP) is 2.39. The number of hydrogen-bond acceptors (Lipinski definition) is 2. The molecule has 1 saturated heterocycles. The summed E-state index contributed by atoms with van der Waals surface area (Å²) in [4.78, 5) is 0. The zero-order valence-electron chi connectivity index (χ0n) is 9.54. The molecule has 1 aromatic carbocycles. The lowest BCUT2D eigenvalue weighted by atomic mass is 9.88. The van der Waals surface area contributed by atoms with E-state index < -0.39 is 5.60 Å². The van der Waals surface area contributed by atoms with E-state index in [1.165, 1.54) is 0 Å². The van der Waals surface area contributed by atoms with Gasteiger partial charge >= 0.3 is 0 Å². The molecule has 3 heteroatoms. The molecule has 0 saturated carbocycles. The third-order valence-corrected chi connectivity index (χ3v) is 3.69. The van der Waals surface area contributed by atoms with E-state index >= 15 is 0 Å². The van der Waals surface area contributed by atoms with Gasteiger partial charge in [-0.3, -0.25) is 0 Å². The molecule has 0 spiro atoms. The molecule has 2 nitrogen and oxygen atoms in total. The van der Waals surface area contributed by atoms with E-state index in [9.17, 15) is 5.11 Å². The van der Waals surface area contributed by atoms with Crippen LogP contribution in [0, 0.1) is 0 Å². The Kier molecular flexibility index (Phi) is 3.53. The summed E-state index contributed by atoms with van der Waals surface area (Å²) in [5.74, 6) is 0. The molecule has 1 aliphatic heterocycles. The standard InChI is InChI=1S/C13H18ClNO/c1-13(16,12-7-4-8-15-12)9-10-5-2-3-6-11(10)14/h2-3,5-6,12,15-16H,4,7-9H2,1H3. The van der Waals surface area contributed by atoms with E-state index in [0.717, 1.165) is 30.0 Å². The predicted molar refractivity (Wildman–Crippen MR) is 66.8 cm³/mol. The van der Waals surface area contributed by atoms with Crippen molar-refractivity contribution < 1.29 is 5.11 Å². The Morgan fingerprint density at radius 2 is 2.25 bits per heavy atom. The smallest absolute Gasteiger partial charge is 0.0812 e. The molecule has 1 heterocycles. The maximum absolute atomic E-state index is 10.5. The quantitative estimate of drug-likeness (QED) is 0.849. The average molecular weight is 240 g/mol. The molecule has 0 aromatic heterocycles. The van der Waals surface area contributed by atoms with Crippen molar-refractivity contribution in [1.82, 2.24) is 5.32 Å². The van der Waals surface area contributed by atoms with Gasteiger partial charge in [-0.2, -0.15) is 0 Å². The summed E-state index contributed by atoms with van der Waals surface area (Å²) in [6.45, 7) is 2.89. The van der Waals surface area contributed by atoms with Crippen LogP contribution < -0.4 is 5.32 Å². The highest BCUT2D eigenvalue weighted by atomic mass is 35.5. The monoisotopic (exact) mass is 239 g/mol. The zero-order chi connectivity index (χ0) is 11.6. The van der Waals surface area contributed by atoms with Gasteiger partial charge in [0.15, 0.2) is 0 Å². The SMILES string of the molecule is CC(O)(Cc1ccccc1Cl)C1CCCN1. The van der Waals surface area contributed by atoms with Gasteiger partial charge in [0.25, 0.3) is 0 Å². The first-order valence-electron chi connectivity index (χ1n) is 5.79. The summed E-state index contributed by atoms with van der Waals surface area (Å²) in [5, 5.41) is 14.6. The first-order valence-corrected chi connectivity index (χ1v) is 6.16. The van der Waals surface area contributed by atoms with Crippen LogP contribution in [0.2, 0.25) is 5.02 Å². The molecule has 16 heavy (non-hydrogen) atoms. The molecule has 0 amide bonds. The van der Waals surface area contributed by atoms with E-state index in [4.69, 9.17) is 11.6 Å². The second kappa shape index (κ2) is 4.74. The van der Waals surface area contributed by atoms with Crippen LogP contribution >= 0.6 is 11.6 Å². The summed E-state index contributed by atoms with van der Waals surface area (Å²) >= 11 is 6.11. The van der Waals surface area contributed by atoms with Gasteiger partial charge in [-0.15, -0.1) is 0 Å². The highest BCUT2D eigenvalue weighted by Crippen LogP contribution is 2.26. The highest BCUT2D eigenvalue weighted by Gasteiger charge is 2.34. The van der Waals surface area contributed by atoms with E-state index in [1.807, 2.05) is 31.2 Å². The van der Waals surface area contributed by atoms with Crippen LogP contribution in [0.15, 0.2) is 24.3 Å². The van der Waals surface area contributed by atoms with Crippen LogP contribution in [0.25, 0.3) is 0 Å². The van der Waals surface area contributed by atoms with Crippen molar-refractivity contribution in [2.75, 3.05) is 6.54 Å². The fraction of sp³-hybridized carbons (Fsp3) is 0.538. The minimum Gasteiger partial charge on any atom is -0.388 e. The topological polar surface area (TPSA) is 32.3 Å². The second-order valence-corrected chi connectivity index (χ2v) is 5.18. The minimum absolute atomic E-state index is 0.184. The highest BCUT2D eigenvalue weighted by molar-refractivity contribution is 6.31. The summed E-state index contributed by atoms with van der Waals surface area (Å²) in [6.07, 6.45) is 2.78. The maximum atomic E-state index is 10.5. The third-order valence-electron chi connectivity index (χ3n) is 3.32. The molecular formula is C13H18ClNO. The number of nitrogens with one attached hydrogen (secondary N) is 1. The molecule has 1 aliphatic rings. The molecule has 1 aromatic rings. The van der Waals surface area contributed by atoms with Crippen molar-refractivity contribution in [2.24, 2.45) is 0 Å². The molecule has 0 aliphatic carbocycles. The zero-order valence-corrected chi connectivity index (χ0v) is 10.3. The van der Waals surface area contributed by atoms with Crippen LogP contribution in [0.3, 0.4) is 0 Å². The fourth-order valence-corrected chi connectivity index (χ4v) is 2.57. The van der Waals surface area contributed by atoms with Crippen molar-refractivity contribution in [3.63, 3.8) is 0 Å². The molecule has 2 rings (SSSR count). The Bertz CT molecular complexity index is 359. The summed E-state index contributed by atoms with van der Waals surface area (Å²) < 4.78 is 0. The van der Waals surface area contributed by atoms with E-state index in [0.29, 0.717) is 6.42 Å². The molecule has 1 fully saturated rings. The van der Waals surface area contributed by atoms with Gasteiger partial charge in [0.05, 0.1) is 5.60 Å². The summed E-state index contributed by atoms with van der Waals surface area (Å²) in [6, 6.07) is 7.90. The fourth-order valence-electron chi connectivity index (χ4n) is 2.37. The molecule has 88 valence electrons. The Balaban J connectivity index is 2.10. The van der Waals surface area contributed by atoms with Crippen molar-refractivity contribution in [1.29, 1.82) is 0 Å². The maximum Gasteiger partial charge on any atom is 0.0812 e. The van der Waals surface area contributed by atoms with Crippen LogP contribution in [-0.2, 0) is 6.42 Å². The largest absolute Gasteiger partial charge is 0.388 e. The summed E-state index contributed by atoms with van der Waals surface area (Å²) in [5.41, 5.74) is 0.296. The van der Waals surface area contributed by atoms with Crippen molar-refractivity contribution >= 4 is 11.6 Å². The molecular weight excluding hydrogens is 222 g/mol. The van der Waals surface area contributed by atoms with Gasteiger partial charge in [0, 0.05) is 17.5 Å². The Morgan fingerprint density at radius 1 is 1.50 bits per heavy atom. The first kappa shape index (κ1) is 11.9. The minimum atomic E-state index is -0.721. The normalized spacial score (nSPS) is 24.3. The molecule has 2 N–H and O–H groups in total. The van der Waals surface area contributed by atoms with Gasteiger partial charge in [-0.25, -0.2) is 0 Å². The van der Waals surface area contributed by atoms with Crippen LogP contribution in [0.5, 0.6) is 0 Å². The number of hydrogen-bond donors (Lipinski definition) is 2. The van der Waals surface area contributed by atoms with Gasteiger partial charge < -0.3 is 10.4 Å². The molecule has 2 atom stereocenters. The lowest BCUT2D eigenvalue weighted by molar-refractivity contribution is 0.0262. The van der Waals surface area contributed by atoms with Crippen molar-refractivity contribution in [3.8, 4) is 0 Å². The number of halogens is 1. The molecule has 0 bridgehead atoms. The van der Waals surface area contributed by atoms with Gasteiger partial charge in [-0.1, -0.05) is 29.8 Å².